The molecule has 0 radical (unpaired) electrons. The first-order chi connectivity index (χ1) is 22.4. The topological polar surface area (TPSA) is 188 Å². The maximum Gasteiger partial charge on any atom is 0.408 e. The highest BCUT2D eigenvalue weighted by atomic mass is 35.5. The van der Waals surface area contributed by atoms with Crippen LogP contribution >= 0.6 is 11.6 Å². The van der Waals surface area contributed by atoms with E-state index in [9.17, 15) is 36.0 Å². The first kappa shape index (κ1) is 36.1. The molecule has 5 rings (SSSR count). The van der Waals surface area contributed by atoms with E-state index in [1.807, 2.05) is 0 Å². The smallest absolute Gasteiger partial charge is 0.408 e. The van der Waals surface area contributed by atoms with Gasteiger partial charge in [-0.25, -0.2) is 21.6 Å². The summed E-state index contributed by atoms with van der Waals surface area (Å²) in [5, 5.41) is 4.89. The van der Waals surface area contributed by atoms with Gasteiger partial charge >= 0.3 is 6.09 Å². The molecular formula is C31H42ClN5O9S2. The van der Waals surface area contributed by atoms with Gasteiger partial charge in [0.25, 0.3) is 5.91 Å². The van der Waals surface area contributed by atoms with E-state index < -0.39 is 91.3 Å². The van der Waals surface area contributed by atoms with Crippen molar-refractivity contribution in [2.75, 3.05) is 13.2 Å². The van der Waals surface area contributed by atoms with Crippen LogP contribution in [-0.2, 0) is 39.2 Å². The Bertz CT molecular complexity index is 1690. The Morgan fingerprint density at radius 1 is 1.04 bits per heavy atom. The highest BCUT2D eigenvalue weighted by Crippen LogP contribution is 2.45. The van der Waals surface area contributed by atoms with Crippen LogP contribution in [0.2, 0.25) is 5.02 Å². The molecule has 17 heteroatoms. The van der Waals surface area contributed by atoms with Crippen LogP contribution in [-0.4, -0.2) is 92.0 Å². The van der Waals surface area contributed by atoms with Crippen LogP contribution in [0.3, 0.4) is 0 Å². The van der Waals surface area contributed by atoms with Crippen LogP contribution in [0.4, 0.5) is 4.79 Å². The molecule has 3 N–H and O–H groups in total. The van der Waals surface area contributed by atoms with Gasteiger partial charge in [0.1, 0.15) is 23.7 Å². The maximum absolute atomic E-state index is 14.3. The lowest BCUT2D eigenvalue weighted by molar-refractivity contribution is -0.142. The van der Waals surface area contributed by atoms with Gasteiger partial charge in [-0.3, -0.25) is 19.1 Å². The third-order valence-corrected chi connectivity index (χ3v) is 13.2. The number of carbonyl (C=O) groups excluding carboxylic acids is 4. The minimum Gasteiger partial charge on any atom is -0.446 e. The Morgan fingerprint density at radius 2 is 1.67 bits per heavy atom. The van der Waals surface area contributed by atoms with Crippen molar-refractivity contribution in [3.05, 3.63) is 41.9 Å². The Morgan fingerprint density at radius 3 is 2.21 bits per heavy atom. The van der Waals surface area contributed by atoms with Gasteiger partial charge in [-0.15, -0.1) is 6.58 Å². The zero-order valence-corrected chi connectivity index (χ0v) is 29.5. The van der Waals surface area contributed by atoms with Gasteiger partial charge in [-0.1, -0.05) is 38.4 Å². The second kappa shape index (κ2) is 13.2. The number of nitrogens with one attached hydrogen (secondary N) is 3. The zero-order valence-electron chi connectivity index (χ0n) is 27.1. The van der Waals surface area contributed by atoms with E-state index in [0.717, 1.165) is 22.0 Å². The molecule has 0 aromatic heterocycles. The molecule has 48 heavy (non-hydrogen) atoms. The highest BCUT2D eigenvalue weighted by Gasteiger charge is 2.62. The molecule has 0 bridgehead atoms. The normalized spacial score (nSPS) is 25.6. The largest absolute Gasteiger partial charge is 0.446 e. The second-order valence-corrected chi connectivity index (χ2v) is 18.3. The van der Waals surface area contributed by atoms with E-state index in [4.69, 9.17) is 16.3 Å². The molecule has 1 aliphatic heterocycles. The Hall–Kier alpha value is -3.21. The van der Waals surface area contributed by atoms with Gasteiger partial charge in [0, 0.05) is 17.5 Å². The number of hydrogen-bond donors (Lipinski definition) is 3. The third kappa shape index (κ3) is 7.50. The van der Waals surface area contributed by atoms with Crippen molar-refractivity contribution < 1.29 is 40.8 Å². The molecule has 4 amide bonds. The molecule has 3 saturated carbocycles. The number of nitrogens with zero attached hydrogens (tertiary/aromatic N) is 2. The van der Waals surface area contributed by atoms with Gasteiger partial charge in [0.05, 0.1) is 16.8 Å². The van der Waals surface area contributed by atoms with Crippen molar-refractivity contribution in [3.63, 3.8) is 0 Å². The van der Waals surface area contributed by atoms with E-state index in [2.05, 4.69) is 21.9 Å². The van der Waals surface area contributed by atoms with Crippen molar-refractivity contribution in [1.82, 2.24) is 24.6 Å². The van der Waals surface area contributed by atoms with Crippen molar-refractivity contribution in [3.8, 4) is 0 Å². The van der Waals surface area contributed by atoms with Crippen molar-refractivity contribution >= 4 is 55.5 Å². The van der Waals surface area contributed by atoms with Crippen LogP contribution < -0.4 is 15.4 Å². The van der Waals surface area contributed by atoms with Crippen LogP contribution in [0.25, 0.3) is 0 Å². The molecule has 4 atom stereocenters. The number of rotatable bonds is 11. The summed E-state index contributed by atoms with van der Waals surface area (Å²) in [6.45, 7) is 7.78. The van der Waals surface area contributed by atoms with Crippen LogP contribution in [0.1, 0.15) is 65.7 Å². The minimum atomic E-state index is -4.26. The van der Waals surface area contributed by atoms with E-state index in [1.165, 1.54) is 30.3 Å². The predicted molar refractivity (Wildman–Crippen MR) is 175 cm³/mol. The van der Waals surface area contributed by atoms with E-state index in [1.54, 1.807) is 20.8 Å². The van der Waals surface area contributed by atoms with Crippen molar-refractivity contribution in [2.45, 2.75) is 99.6 Å². The van der Waals surface area contributed by atoms with E-state index >= 15 is 0 Å². The number of benzene rings is 1. The fourth-order valence-corrected chi connectivity index (χ4v) is 9.02. The molecular weight excluding hydrogens is 686 g/mol. The number of ether oxygens (including phenoxy) is 1. The van der Waals surface area contributed by atoms with Crippen molar-refractivity contribution in [2.24, 2.45) is 11.3 Å². The quantitative estimate of drug-likeness (QED) is 0.287. The van der Waals surface area contributed by atoms with Crippen LogP contribution in [0, 0.1) is 11.3 Å². The lowest BCUT2D eigenvalue weighted by atomic mass is 9.85. The van der Waals surface area contributed by atoms with E-state index in [-0.39, 0.29) is 17.4 Å². The number of hydrogen-bond acceptors (Lipinski definition) is 9. The molecule has 1 aromatic rings. The Balaban J connectivity index is 1.43. The molecule has 0 spiro atoms. The summed E-state index contributed by atoms with van der Waals surface area (Å²) in [6.07, 6.45) is 4.47. The molecule has 4 aliphatic rings. The molecule has 1 aromatic carbocycles. The van der Waals surface area contributed by atoms with Gasteiger partial charge in [0.2, 0.25) is 31.9 Å². The lowest BCUT2D eigenvalue weighted by Crippen LogP contribution is -2.60. The minimum absolute atomic E-state index is 0.0564. The number of halogens is 1. The lowest BCUT2D eigenvalue weighted by Gasteiger charge is -2.35. The van der Waals surface area contributed by atoms with Gasteiger partial charge in [0.15, 0.2) is 0 Å². The predicted octanol–water partition coefficient (Wildman–Crippen LogP) is 2.25. The summed E-state index contributed by atoms with van der Waals surface area (Å²) in [4.78, 5) is 55.5. The van der Waals surface area contributed by atoms with Crippen LogP contribution in [0.5, 0.6) is 0 Å². The Labute approximate surface area is 286 Å². The Kier molecular flexibility index (Phi) is 9.96. The van der Waals surface area contributed by atoms with Crippen LogP contribution in [0.15, 0.2) is 41.8 Å². The summed E-state index contributed by atoms with van der Waals surface area (Å²) in [6, 6.07) is 2.71. The summed E-state index contributed by atoms with van der Waals surface area (Å²) in [5.41, 5.74) is -2.57. The molecule has 0 unspecified atom stereocenters. The fraction of sp³-hybridized carbons (Fsp3) is 0.613. The summed E-state index contributed by atoms with van der Waals surface area (Å²) in [7, 11) is -8.21. The molecule has 4 fully saturated rings. The van der Waals surface area contributed by atoms with Gasteiger partial charge < -0.3 is 20.3 Å². The maximum atomic E-state index is 14.3. The second-order valence-electron chi connectivity index (χ2n) is 14.0. The summed E-state index contributed by atoms with van der Waals surface area (Å²) in [5.74, 6) is -3.16. The number of amides is 4. The third-order valence-electron chi connectivity index (χ3n) is 9.30. The standard InChI is InChI=1S/C31H42ClN5O9S2/c1-5-19-16-31(19,28(40)35-47(42,43)22-14-15-22)34-26(38)24-17-36(48(44,45)23-12-10-20(32)11-13-23)18-37(24)27(39)25(30(2,3)4)33-29(41)46-21-8-6-7-9-21/h5,10-13,19,21-22,24-25H,1,6-9,14-18H2,2-4H3,(H,33,41)(H,34,38)(H,35,40)/t19-,24+,25-,31-/m1/s1. The average molecular weight is 728 g/mol. The van der Waals surface area contributed by atoms with Crippen molar-refractivity contribution in [1.29, 1.82) is 0 Å². The first-order valence-corrected chi connectivity index (χ1v) is 19.3. The average Bonchev–Trinajstić information content (AvgIpc) is 3.88. The molecule has 3 aliphatic carbocycles. The number of alkyl carbamates (subject to hydrolysis) is 1. The molecule has 264 valence electrons. The monoisotopic (exact) mass is 727 g/mol. The van der Waals surface area contributed by atoms with E-state index in [0.29, 0.717) is 30.7 Å². The highest BCUT2D eigenvalue weighted by molar-refractivity contribution is 7.91. The molecule has 1 heterocycles. The SMILES string of the molecule is C=C[C@@H]1C[C@]1(NC(=O)[C@@H]1CN(S(=O)(=O)c2ccc(Cl)cc2)CN1C(=O)[C@@H](NC(=O)OC1CCCC1)C(C)(C)C)C(=O)NS(=O)(=O)C1CC1. The molecule has 1 saturated heterocycles. The number of sulfonamides is 2. The summed E-state index contributed by atoms with van der Waals surface area (Å²) < 4.78 is 61.2. The molecule has 14 nitrogen and oxygen atoms in total. The van der Waals surface area contributed by atoms with Gasteiger partial charge in [-0.2, -0.15) is 4.31 Å². The fourth-order valence-electron chi connectivity index (χ4n) is 6.14. The van der Waals surface area contributed by atoms with Gasteiger partial charge in [-0.05, 0) is 74.6 Å². The summed E-state index contributed by atoms with van der Waals surface area (Å²) >= 11 is 5.96. The zero-order chi connectivity index (χ0) is 35.2. The first-order valence-electron chi connectivity index (χ1n) is 15.9. The number of carbonyl (C=O) groups is 4.